The van der Waals surface area contributed by atoms with E-state index in [1.807, 2.05) is 41.3 Å². The molecule has 1 amide bonds. The van der Waals surface area contributed by atoms with Crippen LogP contribution in [0.4, 0.5) is 0 Å². The molecule has 168 valence electrons. The molecule has 0 atom stereocenters. The molecule has 4 aromatic rings. The summed E-state index contributed by atoms with van der Waals surface area (Å²) in [5.41, 5.74) is 2.67. The van der Waals surface area contributed by atoms with Gasteiger partial charge in [-0.3, -0.25) is 9.69 Å². The number of hydrogen-bond acceptors (Lipinski definition) is 8. The number of benzene rings is 2. The number of piperazine rings is 1. The Labute approximate surface area is 194 Å². The van der Waals surface area contributed by atoms with Gasteiger partial charge in [0.05, 0.1) is 18.7 Å². The van der Waals surface area contributed by atoms with Gasteiger partial charge in [0.25, 0.3) is 0 Å². The van der Waals surface area contributed by atoms with E-state index in [4.69, 9.17) is 16.1 Å². The van der Waals surface area contributed by atoms with Crippen molar-refractivity contribution in [1.29, 1.82) is 0 Å². The highest BCUT2D eigenvalue weighted by Gasteiger charge is 2.23. The van der Waals surface area contributed by atoms with Crippen LogP contribution in [0.5, 0.6) is 0 Å². The van der Waals surface area contributed by atoms with Crippen molar-refractivity contribution in [1.82, 2.24) is 40.1 Å². The van der Waals surface area contributed by atoms with E-state index in [1.165, 1.54) is 6.33 Å². The number of amides is 1. The SMILES string of the molecule is O=C(Cc1ccc(-n2cnnn2)cc1)N1CCN(Cc2nc(-c3ccc(Cl)cc3)no2)CC1. The van der Waals surface area contributed by atoms with E-state index in [2.05, 4.69) is 30.6 Å². The Morgan fingerprint density at radius 1 is 1.00 bits per heavy atom. The first-order valence-corrected chi connectivity index (χ1v) is 10.9. The molecular formula is C22H21ClN8O2. The Balaban J connectivity index is 1.11. The van der Waals surface area contributed by atoms with Gasteiger partial charge in [-0.25, -0.2) is 4.68 Å². The second-order valence-corrected chi connectivity index (χ2v) is 8.21. The normalized spacial score (nSPS) is 14.5. The van der Waals surface area contributed by atoms with Crippen molar-refractivity contribution in [2.45, 2.75) is 13.0 Å². The highest BCUT2D eigenvalue weighted by Crippen LogP contribution is 2.19. The molecule has 3 heterocycles. The first kappa shape index (κ1) is 21.2. The molecule has 11 heteroatoms. The molecule has 5 rings (SSSR count). The average Bonchev–Trinajstić information content (AvgIpc) is 3.53. The summed E-state index contributed by atoms with van der Waals surface area (Å²) >= 11 is 5.93. The van der Waals surface area contributed by atoms with Gasteiger partial charge >= 0.3 is 0 Å². The predicted molar refractivity (Wildman–Crippen MR) is 119 cm³/mol. The molecule has 1 aliphatic heterocycles. The van der Waals surface area contributed by atoms with Gasteiger partial charge in [-0.1, -0.05) is 28.9 Å². The van der Waals surface area contributed by atoms with Crippen molar-refractivity contribution in [3.05, 3.63) is 71.3 Å². The lowest BCUT2D eigenvalue weighted by atomic mass is 10.1. The van der Waals surface area contributed by atoms with Crippen LogP contribution in [0.1, 0.15) is 11.5 Å². The van der Waals surface area contributed by atoms with Crippen molar-refractivity contribution >= 4 is 17.5 Å². The highest BCUT2D eigenvalue weighted by atomic mass is 35.5. The summed E-state index contributed by atoms with van der Waals surface area (Å²) in [5.74, 6) is 1.22. The quantitative estimate of drug-likeness (QED) is 0.427. The van der Waals surface area contributed by atoms with Gasteiger partial charge in [0.2, 0.25) is 17.6 Å². The molecule has 0 saturated carbocycles. The van der Waals surface area contributed by atoms with Gasteiger partial charge in [0, 0.05) is 36.8 Å². The van der Waals surface area contributed by atoms with Gasteiger partial charge < -0.3 is 9.42 Å². The minimum Gasteiger partial charge on any atom is -0.340 e. The maximum absolute atomic E-state index is 12.7. The molecule has 33 heavy (non-hydrogen) atoms. The fourth-order valence-corrected chi connectivity index (χ4v) is 3.84. The first-order valence-electron chi connectivity index (χ1n) is 10.5. The van der Waals surface area contributed by atoms with Crippen molar-refractivity contribution in [2.24, 2.45) is 0 Å². The Morgan fingerprint density at radius 2 is 1.76 bits per heavy atom. The standard InChI is InChI=1S/C22H21ClN8O2/c23-18-5-3-17(4-6-18)22-25-20(33-26-22)14-29-9-11-30(12-10-29)21(32)13-16-1-7-19(8-2-16)31-15-24-27-28-31/h1-8,15H,9-14H2. The predicted octanol–water partition coefficient (Wildman–Crippen LogP) is 2.25. The number of tetrazole rings is 1. The van der Waals surface area contributed by atoms with Crippen molar-refractivity contribution in [2.75, 3.05) is 26.2 Å². The second-order valence-electron chi connectivity index (χ2n) is 7.77. The second kappa shape index (κ2) is 9.47. The Bertz CT molecular complexity index is 1200. The highest BCUT2D eigenvalue weighted by molar-refractivity contribution is 6.30. The van der Waals surface area contributed by atoms with Crippen molar-refractivity contribution in [3.63, 3.8) is 0 Å². The van der Waals surface area contributed by atoms with E-state index in [0.717, 1.165) is 29.9 Å². The van der Waals surface area contributed by atoms with Gasteiger partial charge in [-0.2, -0.15) is 4.98 Å². The average molecular weight is 465 g/mol. The molecule has 0 radical (unpaired) electrons. The van der Waals surface area contributed by atoms with Gasteiger partial charge in [-0.05, 0) is 52.4 Å². The van der Waals surface area contributed by atoms with E-state index in [-0.39, 0.29) is 5.91 Å². The maximum atomic E-state index is 12.7. The summed E-state index contributed by atoms with van der Waals surface area (Å²) in [5, 5.41) is 15.8. The summed E-state index contributed by atoms with van der Waals surface area (Å²) in [6.07, 6.45) is 1.90. The molecule has 2 aromatic heterocycles. The number of rotatable bonds is 6. The zero-order valence-corrected chi connectivity index (χ0v) is 18.5. The van der Waals surface area contributed by atoms with Crippen LogP contribution in [0.3, 0.4) is 0 Å². The summed E-state index contributed by atoms with van der Waals surface area (Å²) in [6, 6.07) is 15.0. The molecule has 0 unspecified atom stereocenters. The lowest BCUT2D eigenvalue weighted by molar-refractivity contribution is -0.132. The molecule has 1 fully saturated rings. The number of carbonyl (C=O) groups is 1. The van der Waals surface area contributed by atoms with E-state index >= 15 is 0 Å². The van der Waals surface area contributed by atoms with Crippen LogP contribution in [0.2, 0.25) is 5.02 Å². The summed E-state index contributed by atoms with van der Waals surface area (Å²) in [4.78, 5) is 21.3. The van der Waals surface area contributed by atoms with Crippen LogP contribution in [0.25, 0.3) is 17.1 Å². The van der Waals surface area contributed by atoms with Crippen molar-refractivity contribution < 1.29 is 9.32 Å². The third kappa shape index (κ3) is 5.07. The molecule has 1 saturated heterocycles. The van der Waals surface area contributed by atoms with Gasteiger partial charge in [-0.15, -0.1) is 5.10 Å². The fourth-order valence-electron chi connectivity index (χ4n) is 3.71. The smallest absolute Gasteiger partial charge is 0.241 e. The first-order chi connectivity index (χ1) is 16.1. The van der Waals surface area contributed by atoms with E-state index in [0.29, 0.717) is 42.8 Å². The third-order valence-electron chi connectivity index (χ3n) is 5.56. The molecule has 0 spiro atoms. The number of aromatic nitrogens is 6. The van der Waals surface area contributed by atoms with Crippen molar-refractivity contribution in [3.8, 4) is 17.1 Å². The number of nitrogens with zero attached hydrogens (tertiary/aromatic N) is 8. The van der Waals surface area contributed by atoms with E-state index < -0.39 is 0 Å². The monoisotopic (exact) mass is 464 g/mol. The fraction of sp³-hybridized carbons (Fsp3) is 0.273. The van der Waals surface area contributed by atoms with Crippen LogP contribution < -0.4 is 0 Å². The van der Waals surface area contributed by atoms with Crippen LogP contribution in [-0.2, 0) is 17.8 Å². The third-order valence-corrected chi connectivity index (χ3v) is 5.81. The number of carbonyl (C=O) groups excluding carboxylic acids is 1. The molecular weight excluding hydrogens is 444 g/mol. The molecule has 0 aliphatic carbocycles. The van der Waals surface area contributed by atoms with Gasteiger partial charge in [0.1, 0.15) is 6.33 Å². The van der Waals surface area contributed by atoms with Crippen LogP contribution >= 0.6 is 11.6 Å². The van der Waals surface area contributed by atoms with Crippen LogP contribution in [0, 0.1) is 0 Å². The largest absolute Gasteiger partial charge is 0.340 e. The topological polar surface area (TPSA) is 106 Å². The minimum absolute atomic E-state index is 0.118. The zero-order valence-electron chi connectivity index (χ0n) is 17.7. The zero-order chi connectivity index (χ0) is 22.6. The van der Waals surface area contributed by atoms with E-state index in [9.17, 15) is 4.79 Å². The Hall–Kier alpha value is -3.63. The van der Waals surface area contributed by atoms with Crippen LogP contribution in [0.15, 0.2) is 59.4 Å². The summed E-state index contributed by atoms with van der Waals surface area (Å²) < 4.78 is 6.99. The Morgan fingerprint density at radius 3 is 2.45 bits per heavy atom. The molecule has 2 aromatic carbocycles. The lowest BCUT2D eigenvalue weighted by Gasteiger charge is -2.34. The minimum atomic E-state index is 0.118. The van der Waals surface area contributed by atoms with Gasteiger partial charge in [0.15, 0.2) is 0 Å². The number of hydrogen-bond donors (Lipinski definition) is 0. The van der Waals surface area contributed by atoms with Crippen LogP contribution in [-0.4, -0.2) is 72.2 Å². The lowest BCUT2D eigenvalue weighted by Crippen LogP contribution is -2.48. The molecule has 0 N–H and O–H groups in total. The maximum Gasteiger partial charge on any atom is 0.241 e. The summed E-state index contributed by atoms with van der Waals surface area (Å²) in [7, 11) is 0. The summed E-state index contributed by atoms with van der Waals surface area (Å²) in [6.45, 7) is 3.39. The van der Waals surface area contributed by atoms with E-state index in [1.54, 1.807) is 16.8 Å². The Kier molecular flexibility index (Phi) is 6.09. The number of halogens is 1. The molecule has 10 nitrogen and oxygen atoms in total. The molecule has 0 bridgehead atoms. The molecule has 1 aliphatic rings.